The van der Waals surface area contributed by atoms with E-state index < -0.39 is 0 Å². The van der Waals surface area contributed by atoms with Crippen molar-refractivity contribution in [3.05, 3.63) is 23.7 Å². The first-order valence-corrected chi connectivity index (χ1v) is 8.14. The first-order chi connectivity index (χ1) is 10.6. The Hall–Kier alpha value is -1.33. The Morgan fingerprint density at radius 2 is 2.32 bits per heavy atom. The molecule has 2 saturated heterocycles. The zero-order valence-corrected chi connectivity index (χ0v) is 13.8. The van der Waals surface area contributed by atoms with E-state index in [1.165, 1.54) is 0 Å². The molecule has 0 aliphatic carbocycles. The SMILES string of the molecule is CCN1C[C@@H](COC)[C@@]2(CCN(C(=O)c3occc3C)C2)C1. The molecule has 3 heterocycles. The lowest BCUT2D eigenvalue weighted by atomic mass is 9.77. The molecule has 5 heteroatoms. The van der Waals surface area contributed by atoms with Crippen molar-refractivity contribution in [3.63, 3.8) is 0 Å². The van der Waals surface area contributed by atoms with Gasteiger partial charge in [0, 0.05) is 50.2 Å². The van der Waals surface area contributed by atoms with E-state index in [1.807, 2.05) is 17.9 Å². The van der Waals surface area contributed by atoms with Gasteiger partial charge < -0.3 is 19.0 Å². The predicted molar refractivity (Wildman–Crippen MR) is 83.9 cm³/mol. The van der Waals surface area contributed by atoms with E-state index in [1.54, 1.807) is 13.4 Å². The molecule has 1 aromatic heterocycles. The number of carbonyl (C=O) groups excluding carboxylic acids is 1. The van der Waals surface area contributed by atoms with Gasteiger partial charge in [0.15, 0.2) is 5.76 Å². The summed E-state index contributed by atoms with van der Waals surface area (Å²) in [6.45, 7) is 9.74. The van der Waals surface area contributed by atoms with Crippen LogP contribution < -0.4 is 0 Å². The molecule has 2 atom stereocenters. The average molecular weight is 306 g/mol. The van der Waals surface area contributed by atoms with Gasteiger partial charge in [0.25, 0.3) is 5.91 Å². The number of methoxy groups -OCH3 is 1. The van der Waals surface area contributed by atoms with Gasteiger partial charge in [-0.15, -0.1) is 0 Å². The van der Waals surface area contributed by atoms with Crippen molar-refractivity contribution in [1.29, 1.82) is 0 Å². The van der Waals surface area contributed by atoms with Crippen molar-refractivity contribution in [2.24, 2.45) is 11.3 Å². The first kappa shape index (κ1) is 15.6. The van der Waals surface area contributed by atoms with E-state index in [2.05, 4.69) is 11.8 Å². The van der Waals surface area contributed by atoms with Crippen molar-refractivity contribution in [3.8, 4) is 0 Å². The standard InChI is InChI=1S/C17H26N2O3/c1-4-18-9-14(10-21-3)17(11-18)6-7-19(12-17)16(20)15-13(2)5-8-22-15/h5,8,14H,4,6-7,9-12H2,1-3H3/t14-,17-/m0/s1. The third-order valence-corrected chi connectivity index (χ3v) is 5.43. The Kier molecular flexibility index (Phi) is 4.28. The highest BCUT2D eigenvalue weighted by molar-refractivity contribution is 5.93. The number of hydrogen-bond acceptors (Lipinski definition) is 4. The molecule has 22 heavy (non-hydrogen) atoms. The molecule has 0 aromatic carbocycles. The number of hydrogen-bond donors (Lipinski definition) is 0. The third-order valence-electron chi connectivity index (χ3n) is 5.43. The number of carbonyl (C=O) groups is 1. The monoisotopic (exact) mass is 306 g/mol. The highest BCUT2D eigenvalue weighted by Gasteiger charge is 2.51. The molecular weight excluding hydrogens is 280 g/mol. The minimum atomic E-state index is 0.0329. The molecule has 0 unspecified atom stereocenters. The van der Waals surface area contributed by atoms with E-state index >= 15 is 0 Å². The molecule has 3 rings (SSSR count). The van der Waals surface area contributed by atoms with Gasteiger partial charge in [-0.1, -0.05) is 6.92 Å². The van der Waals surface area contributed by atoms with E-state index in [9.17, 15) is 4.79 Å². The van der Waals surface area contributed by atoms with Crippen LogP contribution in [0, 0.1) is 18.3 Å². The van der Waals surface area contributed by atoms with Gasteiger partial charge in [0.1, 0.15) is 0 Å². The Morgan fingerprint density at radius 3 is 2.95 bits per heavy atom. The summed E-state index contributed by atoms with van der Waals surface area (Å²) in [7, 11) is 1.77. The second-order valence-corrected chi connectivity index (χ2v) is 6.75. The number of nitrogens with zero attached hydrogens (tertiary/aromatic N) is 2. The van der Waals surface area contributed by atoms with E-state index in [0.29, 0.717) is 11.7 Å². The Labute approximate surface area is 132 Å². The van der Waals surface area contributed by atoms with E-state index in [4.69, 9.17) is 9.15 Å². The number of furan rings is 1. The van der Waals surface area contributed by atoms with Crippen molar-refractivity contribution >= 4 is 5.91 Å². The van der Waals surface area contributed by atoms with Crippen LogP contribution >= 0.6 is 0 Å². The molecule has 122 valence electrons. The molecule has 1 aromatic rings. The van der Waals surface area contributed by atoms with Crippen LogP contribution in [0.4, 0.5) is 0 Å². The van der Waals surface area contributed by atoms with Gasteiger partial charge in [-0.2, -0.15) is 0 Å². The highest BCUT2D eigenvalue weighted by Crippen LogP contribution is 2.44. The lowest BCUT2D eigenvalue weighted by Crippen LogP contribution is -2.38. The van der Waals surface area contributed by atoms with Crippen LogP contribution in [-0.2, 0) is 4.74 Å². The number of amides is 1. The molecule has 0 saturated carbocycles. The maximum atomic E-state index is 12.7. The fraction of sp³-hybridized carbons (Fsp3) is 0.706. The van der Waals surface area contributed by atoms with Crippen LogP contribution in [-0.4, -0.2) is 62.1 Å². The molecule has 5 nitrogen and oxygen atoms in total. The summed E-state index contributed by atoms with van der Waals surface area (Å²) in [5, 5.41) is 0. The molecule has 0 bridgehead atoms. The normalized spacial score (nSPS) is 28.9. The lowest BCUT2D eigenvalue weighted by molar-refractivity contribution is 0.0688. The summed E-state index contributed by atoms with van der Waals surface area (Å²) in [6, 6.07) is 1.85. The lowest BCUT2D eigenvalue weighted by Gasteiger charge is -2.30. The smallest absolute Gasteiger partial charge is 0.289 e. The minimum absolute atomic E-state index is 0.0329. The Morgan fingerprint density at radius 1 is 1.50 bits per heavy atom. The summed E-state index contributed by atoms with van der Waals surface area (Å²) < 4.78 is 10.8. The summed E-state index contributed by atoms with van der Waals surface area (Å²) in [6.07, 6.45) is 2.65. The fourth-order valence-electron chi connectivity index (χ4n) is 4.08. The maximum absolute atomic E-state index is 12.7. The van der Waals surface area contributed by atoms with Gasteiger partial charge in [-0.3, -0.25) is 4.79 Å². The van der Waals surface area contributed by atoms with Crippen LogP contribution in [0.15, 0.2) is 16.7 Å². The van der Waals surface area contributed by atoms with Crippen LogP contribution in [0.3, 0.4) is 0 Å². The quantitative estimate of drug-likeness (QED) is 0.854. The average Bonchev–Trinajstić information content (AvgIpc) is 3.20. The summed E-state index contributed by atoms with van der Waals surface area (Å²) in [5.74, 6) is 1.03. The first-order valence-electron chi connectivity index (χ1n) is 8.14. The number of rotatable bonds is 4. The molecule has 2 fully saturated rings. The summed E-state index contributed by atoms with van der Waals surface area (Å²) in [5.41, 5.74) is 1.10. The van der Waals surface area contributed by atoms with Gasteiger partial charge in [-0.25, -0.2) is 0 Å². The van der Waals surface area contributed by atoms with Crippen molar-refractivity contribution in [1.82, 2.24) is 9.80 Å². The van der Waals surface area contributed by atoms with Crippen molar-refractivity contribution in [2.75, 3.05) is 46.4 Å². The summed E-state index contributed by atoms with van der Waals surface area (Å²) in [4.78, 5) is 17.1. The van der Waals surface area contributed by atoms with Gasteiger partial charge in [0.2, 0.25) is 0 Å². The molecular formula is C17H26N2O3. The number of aryl methyl sites for hydroxylation is 1. The minimum Gasteiger partial charge on any atom is -0.459 e. The van der Waals surface area contributed by atoms with E-state index in [-0.39, 0.29) is 11.3 Å². The van der Waals surface area contributed by atoms with E-state index in [0.717, 1.165) is 51.3 Å². The number of ether oxygens (including phenoxy) is 1. The molecule has 0 radical (unpaired) electrons. The van der Waals surface area contributed by atoms with Gasteiger partial charge in [-0.05, 0) is 26.0 Å². The van der Waals surface area contributed by atoms with Crippen LogP contribution in [0.25, 0.3) is 0 Å². The second-order valence-electron chi connectivity index (χ2n) is 6.75. The highest BCUT2D eigenvalue weighted by atomic mass is 16.5. The zero-order valence-electron chi connectivity index (χ0n) is 13.8. The van der Waals surface area contributed by atoms with Crippen LogP contribution in [0.2, 0.25) is 0 Å². The van der Waals surface area contributed by atoms with Gasteiger partial charge >= 0.3 is 0 Å². The molecule has 1 amide bonds. The maximum Gasteiger partial charge on any atom is 0.289 e. The Bertz CT molecular complexity index is 542. The van der Waals surface area contributed by atoms with Crippen molar-refractivity contribution < 1.29 is 13.9 Å². The molecule has 1 spiro atoms. The topological polar surface area (TPSA) is 45.9 Å². The Balaban J connectivity index is 1.75. The number of likely N-dealkylation sites (tertiary alicyclic amines) is 2. The zero-order chi connectivity index (χ0) is 15.7. The molecule has 0 N–H and O–H groups in total. The predicted octanol–water partition coefficient (Wildman–Crippen LogP) is 2.02. The fourth-order valence-corrected chi connectivity index (χ4v) is 4.08. The van der Waals surface area contributed by atoms with Gasteiger partial charge in [0.05, 0.1) is 12.9 Å². The van der Waals surface area contributed by atoms with Crippen LogP contribution in [0.1, 0.15) is 29.5 Å². The largest absolute Gasteiger partial charge is 0.459 e. The third kappa shape index (κ3) is 2.57. The second kappa shape index (κ2) is 6.05. The molecule has 2 aliphatic heterocycles. The van der Waals surface area contributed by atoms with Crippen LogP contribution in [0.5, 0.6) is 0 Å². The molecule has 2 aliphatic rings. The summed E-state index contributed by atoms with van der Waals surface area (Å²) >= 11 is 0. The van der Waals surface area contributed by atoms with Crippen molar-refractivity contribution in [2.45, 2.75) is 20.3 Å².